The van der Waals surface area contributed by atoms with E-state index in [1.54, 1.807) is 0 Å². The second kappa shape index (κ2) is 6.96. The molecule has 0 amide bonds. The molecule has 0 saturated carbocycles. The number of benzene rings is 1. The minimum Gasteiger partial charge on any atom is -0.468 e. The average molecular weight is 367 g/mol. The van der Waals surface area contributed by atoms with Crippen LogP contribution in [0.3, 0.4) is 0 Å². The molecule has 28 heavy (non-hydrogen) atoms. The molecule has 0 saturated heterocycles. The van der Waals surface area contributed by atoms with E-state index < -0.39 is 0 Å². The Hall–Kier alpha value is -2.84. The fraction of sp³-hybridized carbons (Fsp3) is 0.231. The third-order valence-electron chi connectivity index (χ3n) is 6.26. The van der Waals surface area contributed by atoms with E-state index in [2.05, 4.69) is 73.7 Å². The molecule has 1 heterocycles. The van der Waals surface area contributed by atoms with Crippen LogP contribution in [-0.2, 0) is 6.42 Å². The summed E-state index contributed by atoms with van der Waals surface area (Å²) in [5.41, 5.74) is 15.5. The number of hydrogen-bond acceptors (Lipinski definition) is 2. The normalized spacial score (nSPS) is 22.8. The summed E-state index contributed by atoms with van der Waals surface area (Å²) in [6, 6.07) is 11.0. The highest BCUT2D eigenvalue weighted by Gasteiger charge is 2.38. The predicted molar refractivity (Wildman–Crippen MR) is 116 cm³/mol. The smallest absolute Gasteiger partial charge is 0.115 e. The molecule has 1 aromatic heterocycles. The van der Waals surface area contributed by atoms with Crippen molar-refractivity contribution in [2.45, 2.75) is 25.7 Å². The van der Waals surface area contributed by atoms with Crippen molar-refractivity contribution >= 4 is 11.1 Å². The Bertz CT molecular complexity index is 1070. The maximum Gasteiger partial charge on any atom is 0.115 e. The van der Waals surface area contributed by atoms with Gasteiger partial charge in [0.1, 0.15) is 5.76 Å². The molecule has 140 valence electrons. The molecule has 5 rings (SSSR count). The van der Waals surface area contributed by atoms with Crippen LogP contribution >= 0.6 is 0 Å². The third kappa shape index (κ3) is 2.52. The molecule has 1 aromatic carbocycles. The van der Waals surface area contributed by atoms with Gasteiger partial charge in [0.15, 0.2) is 0 Å². The molecule has 0 spiro atoms. The largest absolute Gasteiger partial charge is 0.468 e. The highest BCUT2D eigenvalue weighted by molar-refractivity contribution is 5.91. The Morgan fingerprint density at radius 2 is 2.07 bits per heavy atom. The van der Waals surface area contributed by atoms with E-state index in [0.29, 0.717) is 18.4 Å². The molecule has 0 bridgehead atoms. The van der Waals surface area contributed by atoms with Crippen molar-refractivity contribution < 1.29 is 4.42 Å². The Kier molecular flexibility index (Phi) is 4.29. The second-order valence-corrected chi connectivity index (χ2v) is 7.64. The highest BCUT2D eigenvalue weighted by Crippen LogP contribution is 2.54. The van der Waals surface area contributed by atoms with Crippen LogP contribution in [0.1, 0.15) is 41.7 Å². The maximum absolute atomic E-state index is 5.95. The Labute approximate surface area is 166 Å². The lowest BCUT2D eigenvalue weighted by molar-refractivity contribution is 0.524. The maximum atomic E-state index is 5.95. The molecule has 0 radical (unpaired) electrons. The zero-order valence-electron chi connectivity index (χ0n) is 16.2. The van der Waals surface area contributed by atoms with Gasteiger partial charge in [0.05, 0.1) is 6.26 Å². The lowest BCUT2D eigenvalue weighted by atomic mass is 9.65. The average Bonchev–Trinajstić information content (AvgIpc) is 3.35. The van der Waals surface area contributed by atoms with E-state index in [1.807, 2.05) is 6.26 Å². The van der Waals surface area contributed by atoms with Crippen LogP contribution in [0.25, 0.3) is 11.1 Å². The van der Waals surface area contributed by atoms with E-state index in [4.69, 9.17) is 10.2 Å². The summed E-state index contributed by atoms with van der Waals surface area (Å²) in [5.74, 6) is 1.73. The first-order valence-corrected chi connectivity index (χ1v) is 10.1. The molecule has 2 atom stereocenters. The fourth-order valence-electron chi connectivity index (χ4n) is 5.09. The summed E-state index contributed by atoms with van der Waals surface area (Å²) < 4.78 is 5.71. The van der Waals surface area contributed by atoms with Crippen LogP contribution < -0.4 is 5.73 Å². The van der Waals surface area contributed by atoms with E-state index >= 15 is 0 Å². The number of furan rings is 1. The number of nitrogens with two attached hydrogens (primary N) is 1. The van der Waals surface area contributed by atoms with Gasteiger partial charge in [-0.3, -0.25) is 0 Å². The lowest BCUT2D eigenvalue weighted by Crippen LogP contribution is -2.23. The quantitative estimate of drug-likeness (QED) is 0.741. The van der Waals surface area contributed by atoms with Gasteiger partial charge in [-0.25, -0.2) is 0 Å². The molecule has 0 aliphatic heterocycles. The molecule has 2 aromatic rings. The van der Waals surface area contributed by atoms with Gasteiger partial charge in [-0.15, -0.1) is 0 Å². The number of allylic oxidation sites excluding steroid dienone is 9. The fourth-order valence-corrected chi connectivity index (χ4v) is 5.09. The molecular formula is C26H25NO. The Morgan fingerprint density at radius 3 is 2.93 bits per heavy atom. The summed E-state index contributed by atoms with van der Waals surface area (Å²) in [4.78, 5) is 0. The van der Waals surface area contributed by atoms with Crippen molar-refractivity contribution in [3.05, 3.63) is 107 Å². The van der Waals surface area contributed by atoms with Gasteiger partial charge in [-0.2, -0.15) is 0 Å². The van der Waals surface area contributed by atoms with Gasteiger partial charge in [0.2, 0.25) is 0 Å². The van der Waals surface area contributed by atoms with Crippen LogP contribution in [0.5, 0.6) is 0 Å². The summed E-state index contributed by atoms with van der Waals surface area (Å²) in [7, 11) is 0. The first-order chi connectivity index (χ1) is 13.8. The van der Waals surface area contributed by atoms with Gasteiger partial charge >= 0.3 is 0 Å². The van der Waals surface area contributed by atoms with Gasteiger partial charge in [0.25, 0.3) is 0 Å². The predicted octanol–water partition coefficient (Wildman–Crippen LogP) is 5.81. The van der Waals surface area contributed by atoms with Crippen molar-refractivity contribution in [3.8, 4) is 0 Å². The summed E-state index contributed by atoms with van der Waals surface area (Å²) >= 11 is 0. The molecule has 3 aliphatic rings. The molecule has 2 nitrogen and oxygen atoms in total. The van der Waals surface area contributed by atoms with Gasteiger partial charge < -0.3 is 10.2 Å². The highest BCUT2D eigenvalue weighted by atomic mass is 16.3. The zero-order chi connectivity index (χ0) is 19.1. The van der Waals surface area contributed by atoms with Gasteiger partial charge in [-0.1, -0.05) is 60.7 Å². The van der Waals surface area contributed by atoms with Crippen LogP contribution in [-0.4, -0.2) is 6.54 Å². The summed E-state index contributed by atoms with van der Waals surface area (Å²) in [6.45, 7) is 2.79. The molecule has 2 heteroatoms. The summed E-state index contributed by atoms with van der Waals surface area (Å²) in [5, 5.41) is 0. The molecular weight excluding hydrogens is 342 g/mol. The van der Waals surface area contributed by atoms with E-state index in [0.717, 1.165) is 18.6 Å². The first kappa shape index (κ1) is 17.3. The van der Waals surface area contributed by atoms with Crippen molar-refractivity contribution in [2.75, 3.05) is 6.54 Å². The van der Waals surface area contributed by atoms with E-state index in [1.165, 1.54) is 39.0 Å². The topological polar surface area (TPSA) is 39.2 Å². The minimum absolute atomic E-state index is 0.311. The third-order valence-corrected chi connectivity index (χ3v) is 6.26. The summed E-state index contributed by atoms with van der Waals surface area (Å²) in [6.07, 6.45) is 17.2. The monoisotopic (exact) mass is 367 g/mol. The zero-order valence-corrected chi connectivity index (χ0v) is 16.2. The van der Waals surface area contributed by atoms with Crippen molar-refractivity contribution in [1.29, 1.82) is 0 Å². The molecule has 3 aliphatic carbocycles. The first-order valence-electron chi connectivity index (χ1n) is 10.1. The molecule has 2 unspecified atom stereocenters. The van der Waals surface area contributed by atoms with Gasteiger partial charge in [0, 0.05) is 23.8 Å². The number of rotatable bonds is 4. The van der Waals surface area contributed by atoms with Crippen LogP contribution in [0.2, 0.25) is 0 Å². The number of hydrogen-bond donors (Lipinski definition) is 1. The minimum atomic E-state index is 0.311. The Morgan fingerprint density at radius 1 is 1.18 bits per heavy atom. The van der Waals surface area contributed by atoms with Crippen molar-refractivity contribution in [3.63, 3.8) is 0 Å². The van der Waals surface area contributed by atoms with Crippen molar-refractivity contribution in [2.24, 2.45) is 11.7 Å². The second-order valence-electron chi connectivity index (χ2n) is 7.64. The van der Waals surface area contributed by atoms with Crippen LogP contribution in [0, 0.1) is 5.92 Å². The Balaban J connectivity index is 1.74. The van der Waals surface area contributed by atoms with E-state index in [9.17, 15) is 0 Å². The molecule has 0 fully saturated rings. The SMILES string of the molecule is C/C=C(\CCN)C1=C2C=CC=CC2C(C2=CCc3occc32)c2ccccc21. The number of fused-ring (bicyclic) bond motifs is 3. The van der Waals surface area contributed by atoms with Gasteiger partial charge in [-0.05, 0) is 59.4 Å². The van der Waals surface area contributed by atoms with Crippen LogP contribution in [0.4, 0.5) is 0 Å². The van der Waals surface area contributed by atoms with E-state index in [-0.39, 0.29) is 0 Å². The van der Waals surface area contributed by atoms with Crippen molar-refractivity contribution in [1.82, 2.24) is 0 Å². The lowest BCUT2D eigenvalue weighted by Gasteiger charge is -2.38. The standard InChI is InChI=1S/C26H25NO/c1-2-17(13-15-27)25-19-7-3-5-9-21(19)26(22-10-6-4-8-20(22)25)23-11-12-24-18(23)14-16-28-24/h2-11,14,16,21,26H,12-13,15,27H2,1H3/b17-2+. The van der Waals surface area contributed by atoms with Crippen LogP contribution in [0.15, 0.2) is 88.6 Å². The molecule has 2 N–H and O–H groups in total.